The van der Waals surface area contributed by atoms with E-state index in [1.54, 1.807) is 0 Å². The Kier molecular flexibility index (Phi) is 3.84. The molecule has 1 heterocycles. The molecule has 3 heteroatoms. The van der Waals surface area contributed by atoms with Crippen LogP contribution in [0.5, 0.6) is 0 Å². The first-order chi connectivity index (χ1) is 9.04. The first kappa shape index (κ1) is 13.5. The van der Waals surface area contributed by atoms with E-state index in [0.29, 0.717) is 5.82 Å². The Labute approximate surface area is 113 Å². The average Bonchev–Trinajstić information content (AvgIpc) is 2.37. The zero-order valence-electron chi connectivity index (χ0n) is 11.9. The van der Waals surface area contributed by atoms with E-state index in [1.807, 2.05) is 39.0 Å². The summed E-state index contributed by atoms with van der Waals surface area (Å²) in [6.07, 6.45) is 0.921. The molecule has 0 fully saturated rings. The second-order valence-electron chi connectivity index (χ2n) is 5.08. The highest BCUT2D eigenvalue weighted by molar-refractivity contribution is 5.60. The van der Waals surface area contributed by atoms with Gasteiger partial charge in [-0.15, -0.1) is 0 Å². The summed E-state index contributed by atoms with van der Waals surface area (Å²) in [4.78, 5) is 19.7. The standard InChI is InChI=1S/C16H20N2O/c1-5-12-8-6-7-9-13(12)15-17-11(4)14(10(2)3)16(19)18-15/h6-10H,5H2,1-4H3,(H,17,18,19). The zero-order chi connectivity index (χ0) is 14.0. The van der Waals surface area contributed by atoms with Gasteiger partial charge in [0.15, 0.2) is 0 Å². The molecule has 0 saturated heterocycles. The third-order valence-electron chi connectivity index (χ3n) is 3.38. The molecule has 0 spiro atoms. The topological polar surface area (TPSA) is 45.8 Å². The molecule has 2 aromatic rings. The van der Waals surface area contributed by atoms with Gasteiger partial charge < -0.3 is 4.98 Å². The number of hydrogen-bond donors (Lipinski definition) is 1. The summed E-state index contributed by atoms with van der Waals surface area (Å²) in [7, 11) is 0. The van der Waals surface area contributed by atoms with Crippen molar-refractivity contribution >= 4 is 0 Å². The molecule has 0 saturated carbocycles. The molecule has 0 bridgehead atoms. The van der Waals surface area contributed by atoms with E-state index in [0.717, 1.165) is 23.2 Å². The minimum atomic E-state index is -0.0246. The predicted molar refractivity (Wildman–Crippen MR) is 78.5 cm³/mol. The molecule has 19 heavy (non-hydrogen) atoms. The highest BCUT2D eigenvalue weighted by Crippen LogP contribution is 2.21. The number of benzene rings is 1. The van der Waals surface area contributed by atoms with Gasteiger partial charge in [0.1, 0.15) is 5.82 Å². The van der Waals surface area contributed by atoms with Gasteiger partial charge in [-0.25, -0.2) is 4.98 Å². The van der Waals surface area contributed by atoms with Gasteiger partial charge in [0, 0.05) is 16.8 Å². The van der Waals surface area contributed by atoms with Crippen molar-refractivity contribution in [3.63, 3.8) is 0 Å². The number of aromatic nitrogens is 2. The summed E-state index contributed by atoms with van der Waals surface area (Å²) in [5.74, 6) is 0.857. The normalized spacial score (nSPS) is 11.0. The van der Waals surface area contributed by atoms with Crippen LogP contribution < -0.4 is 5.56 Å². The molecule has 0 atom stereocenters. The SMILES string of the molecule is CCc1ccccc1-c1nc(C)c(C(C)C)c(=O)[nH]1. The molecule has 1 aromatic carbocycles. The number of H-pyrrole nitrogens is 1. The van der Waals surface area contributed by atoms with Gasteiger partial charge >= 0.3 is 0 Å². The Morgan fingerprint density at radius 3 is 2.53 bits per heavy atom. The van der Waals surface area contributed by atoms with Crippen molar-refractivity contribution in [1.82, 2.24) is 9.97 Å². The number of aryl methyl sites for hydroxylation is 2. The summed E-state index contributed by atoms with van der Waals surface area (Å²) < 4.78 is 0. The van der Waals surface area contributed by atoms with Gasteiger partial charge in [-0.05, 0) is 24.8 Å². The molecule has 1 aromatic heterocycles. The van der Waals surface area contributed by atoms with Crippen LogP contribution in [0.3, 0.4) is 0 Å². The highest BCUT2D eigenvalue weighted by atomic mass is 16.1. The number of rotatable bonds is 3. The molecule has 0 aliphatic heterocycles. The van der Waals surface area contributed by atoms with Crippen LogP contribution in [0, 0.1) is 6.92 Å². The Morgan fingerprint density at radius 1 is 1.26 bits per heavy atom. The van der Waals surface area contributed by atoms with Gasteiger partial charge in [-0.3, -0.25) is 4.79 Å². The van der Waals surface area contributed by atoms with Crippen molar-refractivity contribution in [2.24, 2.45) is 0 Å². The lowest BCUT2D eigenvalue weighted by molar-refractivity contribution is 0.814. The first-order valence-electron chi connectivity index (χ1n) is 6.73. The van der Waals surface area contributed by atoms with Crippen molar-refractivity contribution in [1.29, 1.82) is 0 Å². The predicted octanol–water partition coefficient (Wildman–Crippen LogP) is 3.43. The largest absolute Gasteiger partial charge is 0.306 e. The maximum Gasteiger partial charge on any atom is 0.254 e. The van der Waals surface area contributed by atoms with Gasteiger partial charge in [0.2, 0.25) is 0 Å². The molecular formula is C16H20N2O. The van der Waals surface area contributed by atoms with Crippen LogP contribution in [0.4, 0.5) is 0 Å². The third kappa shape index (κ3) is 2.60. The molecule has 3 nitrogen and oxygen atoms in total. The minimum Gasteiger partial charge on any atom is -0.306 e. The van der Waals surface area contributed by atoms with Crippen molar-refractivity contribution < 1.29 is 0 Å². The maximum absolute atomic E-state index is 12.2. The van der Waals surface area contributed by atoms with Gasteiger partial charge in [0.05, 0.1) is 0 Å². The molecule has 1 N–H and O–H groups in total. The van der Waals surface area contributed by atoms with Gasteiger partial charge in [0.25, 0.3) is 5.56 Å². The van der Waals surface area contributed by atoms with Crippen LogP contribution in [0.2, 0.25) is 0 Å². The lowest BCUT2D eigenvalue weighted by atomic mass is 10.0. The Morgan fingerprint density at radius 2 is 1.95 bits per heavy atom. The minimum absolute atomic E-state index is 0.0246. The van der Waals surface area contributed by atoms with Crippen LogP contribution in [-0.2, 0) is 6.42 Å². The van der Waals surface area contributed by atoms with Gasteiger partial charge in [-0.2, -0.15) is 0 Å². The summed E-state index contributed by atoms with van der Waals surface area (Å²) in [6.45, 7) is 8.03. The lowest BCUT2D eigenvalue weighted by Crippen LogP contribution is -2.18. The molecule has 0 unspecified atom stereocenters. The fraction of sp³-hybridized carbons (Fsp3) is 0.375. The van der Waals surface area contributed by atoms with E-state index >= 15 is 0 Å². The quantitative estimate of drug-likeness (QED) is 0.914. The van der Waals surface area contributed by atoms with Crippen LogP contribution in [0.25, 0.3) is 11.4 Å². The molecule has 0 aliphatic rings. The second kappa shape index (κ2) is 5.39. The zero-order valence-corrected chi connectivity index (χ0v) is 11.9. The summed E-state index contributed by atoms with van der Waals surface area (Å²) in [5.41, 5.74) is 3.78. The van der Waals surface area contributed by atoms with E-state index in [2.05, 4.69) is 23.0 Å². The highest BCUT2D eigenvalue weighted by Gasteiger charge is 2.13. The van der Waals surface area contributed by atoms with Gasteiger partial charge in [-0.1, -0.05) is 45.0 Å². The van der Waals surface area contributed by atoms with E-state index in [-0.39, 0.29) is 11.5 Å². The van der Waals surface area contributed by atoms with E-state index < -0.39 is 0 Å². The molecule has 2 rings (SSSR count). The summed E-state index contributed by atoms with van der Waals surface area (Å²) >= 11 is 0. The first-order valence-corrected chi connectivity index (χ1v) is 6.73. The van der Waals surface area contributed by atoms with E-state index in [1.165, 1.54) is 5.56 Å². The van der Waals surface area contributed by atoms with Crippen molar-refractivity contribution in [3.05, 3.63) is 51.4 Å². The molecule has 0 aliphatic carbocycles. The van der Waals surface area contributed by atoms with Crippen LogP contribution in [0.15, 0.2) is 29.1 Å². The summed E-state index contributed by atoms with van der Waals surface area (Å²) in [6, 6.07) is 8.06. The fourth-order valence-electron chi connectivity index (χ4n) is 2.46. The van der Waals surface area contributed by atoms with Crippen molar-refractivity contribution in [3.8, 4) is 11.4 Å². The lowest BCUT2D eigenvalue weighted by Gasteiger charge is -2.11. The third-order valence-corrected chi connectivity index (χ3v) is 3.38. The van der Waals surface area contributed by atoms with E-state index in [9.17, 15) is 4.79 Å². The smallest absolute Gasteiger partial charge is 0.254 e. The second-order valence-corrected chi connectivity index (χ2v) is 5.08. The molecular weight excluding hydrogens is 236 g/mol. The Balaban J connectivity index is 2.62. The number of nitrogens with one attached hydrogen (secondary N) is 1. The average molecular weight is 256 g/mol. The number of nitrogens with zero attached hydrogens (tertiary/aromatic N) is 1. The molecule has 0 radical (unpaired) electrons. The fourth-order valence-corrected chi connectivity index (χ4v) is 2.46. The van der Waals surface area contributed by atoms with Crippen LogP contribution >= 0.6 is 0 Å². The Bertz CT molecular complexity index is 641. The Hall–Kier alpha value is -1.90. The van der Waals surface area contributed by atoms with E-state index in [4.69, 9.17) is 0 Å². The maximum atomic E-state index is 12.2. The number of hydrogen-bond acceptors (Lipinski definition) is 2. The van der Waals surface area contributed by atoms with Crippen LogP contribution in [-0.4, -0.2) is 9.97 Å². The molecule has 100 valence electrons. The number of aromatic amines is 1. The summed E-state index contributed by atoms with van der Waals surface area (Å²) in [5, 5.41) is 0. The van der Waals surface area contributed by atoms with Crippen molar-refractivity contribution in [2.75, 3.05) is 0 Å². The van der Waals surface area contributed by atoms with Crippen LogP contribution in [0.1, 0.15) is 43.5 Å². The monoisotopic (exact) mass is 256 g/mol. The van der Waals surface area contributed by atoms with Crippen molar-refractivity contribution in [2.45, 2.75) is 40.0 Å². The molecule has 0 amide bonds.